The molecule has 2 aliphatic heterocycles. The van der Waals surface area contributed by atoms with E-state index < -0.39 is 45.2 Å². The number of rotatable bonds is 0. The van der Waals surface area contributed by atoms with Crippen molar-refractivity contribution in [1.29, 1.82) is 0 Å². The van der Waals surface area contributed by atoms with E-state index >= 15 is 0 Å². The van der Waals surface area contributed by atoms with Gasteiger partial charge in [-0.3, -0.25) is 0 Å². The van der Waals surface area contributed by atoms with Gasteiger partial charge in [0, 0.05) is 6.42 Å². The maximum Gasteiger partial charge on any atom is 0.400 e. The molecule has 0 N–H and O–H groups in total. The summed E-state index contributed by atoms with van der Waals surface area (Å²) < 4.78 is 61.9. The van der Waals surface area contributed by atoms with E-state index in [1.165, 1.54) is 0 Å². The second-order valence-electron chi connectivity index (χ2n) is 3.44. The van der Waals surface area contributed by atoms with Crippen molar-refractivity contribution in [3.8, 4) is 0 Å². The standard InChI is InChI=1S/C5H6O8S2/c6-14(7)10-2-1-3-5(4(2)12-14)13-15(8,9)11-3/h2-5H,1H2. The summed E-state index contributed by atoms with van der Waals surface area (Å²) in [5, 5.41) is 0. The van der Waals surface area contributed by atoms with Crippen molar-refractivity contribution in [2.75, 3.05) is 0 Å². The van der Waals surface area contributed by atoms with Gasteiger partial charge in [0.15, 0.2) is 0 Å². The Bertz CT molecular complexity index is 445. The van der Waals surface area contributed by atoms with Crippen molar-refractivity contribution in [3.05, 3.63) is 0 Å². The Morgan fingerprint density at radius 3 is 1.53 bits per heavy atom. The maximum atomic E-state index is 10.9. The quantitative estimate of drug-likeness (QED) is 0.514. The first-order valence-electron chi connectivity index (χ1n) is 4.09. The number of fused-ring (bicyclic) bond motifs is 3. The normalized spacial score (nSPS) is 50.1. The van der Waals surface area contributed by atoms with Gasteiger partial charge in [-0.2, -0.15) is 16.8 Å². The third kappa shape index (κ3) is 1.48. The van der Waals surface area contributed by atoms with Gasteiger partial charge in [-0.05, 0) is 0 Å². The first-order valence-corrected chi connectivity index (χ1v) is 6.76. The lowest BCUT2D eigenvalue weighted by Crippen LogP contribution is -2.30. The summed E-state index contributed by atoms with van der Waals surface area (Å²) in [6.45, 7) is 0. The summed E-state index contributed by atoms with van der Waals surface area (Å²) in [6.07, 6.45) is -3.19. The third-order valence-electron chi connectivity index (χ3n) is 2.46. The molecule has 1 saturated carbocycles. The van der Waals surface area contributed by atoms with Crippen LogP contribution in [-0.2, 0) is 37.5 Å². The predicted octanol–water partition coefficient (Wildman–Crippen LogP) is -1.55. The Morgan fingerprint density at radius 1 is 0.733 bits per heavy atom. The summed E-state index contributed by atoms with van der Waals surface area (Å²) >= 11 is 0. The SMILES string of the molecule is O=S1(=O)OC2CC3OS(=O)(=O)OC3C2O1. The summed E-state index contributed by atoms with van der Waals surface area (Å²) in [5.74, 6) is 0. The van der Waals surface area contributed by atoms with Crippen LogP contribution in [0.2, 0.25) is 0 Å². The molecular formula is C5H6O8S2. The molecule has 10 heteroatoms. The minimum absolute atomic E-state index is 0.119. The molecule has 2 saturated heterocycles. The molecule has 0 aromatic rings. The molecule has 0 aromatic carbocycles. The zero-order valence-electron chi connectivity index (χ0n) is 7.10. The van der Waals surface area contributed by atoms with Crippen LogP contribution in [0.5, 0.6) is 0 Å². The Labute approximate surface area is 85.7 Å². The maximum absolute atomic E-state index is 10.9. The van der Waals surface area contributed by atoms with Gasteiger partial charge in [-0.1, -0.05) is 0 Å². The summed E-state index contributed by atoms with van der Waals surface area (Å²) in [5.41, 5.74) is 0. The van der Waals surface area contributed by atoms with Crippen LogP contribution in [0.15, 0.2) is 0 Å². The van der Waals surface area contributed by atoms with Crippen LogP contribution in [0.3, 0.4) is 0 Å². The molecule has 8 nitrogen and oxygen atoms in total. The van der Waals surface area contributed by atoms with Gasteiger partial charge >= 0.3 is 20.8 Å². The minimum Gasteiger partial charge on any atom is -0.242 e. The van der Waals surface area contributed by atoms with Crippen LogP contribution in [0.1, 0.15) is 6.42 Å². The van der Waals surface area contributed by atoms with Gasteiger partial charge in [-0.15, -0.1) is 0 Å². The van der Waals surface area contributed by atoms with Crippen molar-refractivity contribution >= 4 is 20.8 Å². The molecule has 1 aliphatic carbocycles. The summed E-state index contributed by atoms with van der Waals surface area (Å²) in [6, 6.07) is 0. The second kappa shape index (κ2) is 2.70. The highest BCUT2D eigenvalue weighted by atomic mass is 32.3. The Balaban J connectivity index is 1.91. The van der Waals surface area contributed by atoms with Crippen LogP contribution in [-0.4, -0.2) is 41.3 Å². The molecule has 2 heterocycles. The fraction of sp³-hybridized carbons (Fsp3) is 1.00. The fourth-order valence-electron chi connectivity index (χ4n) is 1.96. The first kappa shape index (κ1) is 9.93. The van der Waals surface area contributed by atoms with Gasteiger partial charge in [0.1, 0.15) is 24.4 Å². The molecule has 0 bridgehead atoms. The smallest absolute Gasteiger partial charge is 0.242 e. The van der Waals surface area contributed by atoms with Crippen LogP contribution in [0, 0.1) is 0 Å². The largest absolute Gasteiger partial charge is 0.400 e. The Hall–Kier alpha value is -0.260. The van der Waals surface area contributed by atoms with E-state index in [9.17, 15) is 16.8 Å². The van der Waals surface area contributed by atoms with Crippen molar-refractivity contribution in [1.82, 2.24) is 0 Å². The summed E-state index contributed by atoms with van der Waals surface area (Å²) in [4.78, 5) is 0. The van der Waals surface area contributed by atoms with Gasteiger partial charge in [0.05, 0.1) is 0 Å². The van der Waals surface area contributed by atoms with Gasteiger partial charge in [0.25, 0.3) is 0 Å². The molecular weight excluding hydrogens is 252 g/mol. The van der Waals surface area contributed by atoms with E-state index in [0.717, 1.165) is 0 Å². The van der Waals surface area contributed by atoms with E-state index in [-0.39, 0.29) is 6.42 Å². The highest BCUT2D eigenvalue weighted by molar-refractivity contribution is 7.82. The number of hydrogen-bond acceptors (Lipinski definition) is 8. The fourth-order valence-corrected chi connectivity index (χ4v) is 4.05. The Kier molecular flexibility index (Phi) is 1.79. The molecule has 86 valence electrons. The van der Waals surface area contributed by atoms with E-state index in [1.807, 2.05) is 0 Å². The molecule has 0 spiro atoms. The minimum atomic E-state index is -4.01. The lowest BCUT2D eigenvalue weighted by atomic mass is 10.2. The number of hydrogen-bond donors (Lipinski definition) is 0. The van der Waals surface area contributed by atoms with Gasteiger partial charge < -0.3 is 0 Å². The lowest BCUT2D eigenvalue weighted by molar-refractivity contribution is 0.0824. The molecule has 4 atom stereocenters. The lowest BCUT2D eigenvalue weighted by Gasteiger charge is -2.08. The van der Waals surface area contributed by atoms with E-state index in [4.69, 9.17) is 0 Å². The monoisotopic (exact) mass is 258 g/mol. The Morgan fingerprint density at radius 2 is 1.13 bits per heavy atom. The summed E-state index contributed by atoms with van der Waals surface area (Å²) in [7, 11) is -8.02. The van der Waals surface area contributed by atoms with Gasteiger partial charge in [0.2, 0.25) is 0 Å². The van der Waals surface area contributed by atoms with Crippen LogP contribution in [0.25, 0.3) is 0 Å². The molecule has 4 unspecified atom stereocenters. The van der Waals surface area contributed by atoms with E-state index in [1.54, 1.807) is 0 Å². The second-order valence-corrected chi connectivity index (χ2v) is 5.85. The van der Waals surface area contributed by atoms with Crippen LogP contribution in [0.4, 0.5) is 0 Å². The third-order valence-corrected chi connectivity index (χ3v) is 4.34. The zero-order valence-corrected chi connectivity index (χ0v) is 8.73. The van der Waals surface area contributed by atoms with E-state index in [2.05, 4.69) is 16.7 Å². The average molecular weight is 258 g/mol. The highest BCUT2D eigenvalue weighted by Crippen LogP contribution is 2.42. The molecule has 3 rings (SSSR count). The predicted molar refractivity (Wildman–Crippen MR) is 41.9 cm³/mol. The molecule has 3 fully saturated rings. The highest BCUT2D eigenvalue weighted by Gasteiger charge is 2.60. The molecule has 15 heavy (non-hydrogen) atoms. The van der Waals surface area contributed by atoms with Crippen molar-refractivity contribution < 1.29 is 33.6 Å². The molecule has 0 aromatic heterocycles. The topological polar surface area (TPSA) is 105 Å². The first-order chi connectivity index (χ1) is 6.86. The van der Waals surface area contributed by atoms with Crippen molar-refractivity contribution in [3.63, 3.8) is 0 Å². The molecule has 3 aliphatic rings. The zero-order chi connectivity index (χ0) is 10.8. The average Bonchev–Trinajstić information content (AvgIpc) is 2.55. The van der Waals surface area contributed by atoms with Crippen LogP contribution < -0.4 is 0 Å². The van der Waals surface area contributed by atoms with Crippen molar-refractivity contribution in [2.45, 2.75) is 30.8 Å². The van der Waals surface area contributed by atoms with E-state index in [0.29, 0.717) is 0 Å². The van der Waals surface area contributed by atoms with Crippen molar-refractivity contribution in [2.24, 2.45) is 0 Å². The van der Waals surface area contributed by atoms with Gasteiger partial charge in [-0.25, -0.2) is 16.7 Å². The van der Waals surface area contributed by atoms with Crippen LogP contribution >= 0.6 is 0 Å². The molecule has 0 amide bonds. The molecule has 0 radical (unpaired) electrons.